The van der Waals surface area contributed by atoms with Gasteiger partial charge in [-0.05, 0) is 18.6 Å². The number of carbonyl (C=O) groups is 1. The fourth-order valence-electron chi connectivity index (χ4n) is 1.80. The second-order valence-corrected chi connectivity index (χ2v) is 7.89. The van der Waals surface area contributed by atoms with Gasteiger partial charge in [-0.25, -0.2) is 13.4 Å². The maximum absolute atomic E-state index is 11.9. The summed E-state index contributed by atoms with van der Waals surface area (Å²) in [5.74, 6) is -0.0928. The Bertz CT molecular complexity index is 783. The van der Waals surface area contributed by atoms with Crippen LogP contribution in [0.5, 0.6) is 0 Å². The van der Waals surface area contributed by atoms with Gasteiger partial charge in [0.15, 0.2) is 5.13 Å². The number of carbonyl (C=O) groups excluding carboxylic acids is 1. The summed E-state index contributed by atoms with van der Waals surface area (Å²) in [7, 11) is -3.29. The first-order chi connectivity index (χ1) is 10.8. The first kappa shape index (κ1) is 17.4. The van der Waals surface area contributed by atoms with E-state index in [4.69, 9.17) is 0 Å². The summed E-state index contributed by atoms with van der Waals surface area (Å²) in [6.07, 6.45) is 1.88. The molecule has 0 radical (unpaired) electrons. The van der Waals surface area contributed by atoms with Crippen molar-refractivity contribution in [3.8, 4) is 11.3 Å². The predicted molar refractivity (Wildman–Crippen MR) is 94.1 cm³/mol. The molecule has 0 fully saturated rings. The molecule has 0 saturated carbocycles. The van der Waals surface area contributed by atoms with Crippen LogP contribution in [0.25, 0.3) is 11.3 Å². The Balaban J connectivity index is 2.10. The van der Waals surface area contributed by atoms with Crippen LogP contribution in [-0.4, -0.2) is 25.6 Å². The van der Waals surface area contributed by atoms with E-state index in [9.17, 15) is 13.2 Å². The molecule has 0 aliphatic rings. The fourth-order valence-corrected chi connectivity index (χ4v) is 3.09. The lowest BCUT2D eigenvalue weighted by atomic mass is 10.1. The van der Waals surface area contributed by atoms with Crippen LogP contribution in [0.15, 0.2) is 29.6 Å². The molecule has 1 unspecified atom stereocenters. The van der Waals surface area contributed by atoms with Crippen molar-refractivity contribution < 1.29 is 13.2 Å². The van der Waals surface area contributed by atoms with E-state index in [2.05, 4.69) is 15.0 Å². The molecule has 1 aromatic heterocycles. The first-order valence-corrected chi connectivity index (χ1v) is 9.90. The first-order valence-electron chi connectivity index (χ1n) is 7.13. The molecule has 0 aliphatic carbocycles. The number of hydrogen-bond acceptors (Lipinski definition) is 5. The van der Waals surface area contributed by atoms with E-state index in [1.54, 1.807) is 24.3 Å². The maximum atomic E-state index is 11.9. The van der Waals surface area contributed by atoms with Gasteiger partial charge in [0.1, 0.15) is 0 Å². The van der Waals surface area contributed by atoms with E-state index in [0.29, 0.717) is 10.8 Å². The minimum atomic E-state index is -3.29. The van der Waals surface area contributed by atoms with Crippen molar-refractivity contribution in [3.63, 3.8) is 0 Å². The third-order valence-electron chi connectivity index (χ3n) is 3.28. The molecule has 2 aromatic rings. The molecule has 0 saturated heterocycles. The summed E-state index contributed by atoms with van der Waals surface area (Å²) < 4.78 is 24.8. The van der Waals surface area contributed by atoms with E-state index in [-0.39, 0.29) is 11.8 Å². The minimum Gasteiger partial charge on any atom is -0.302 e. The Labute approximate surface area is 140 Å². The topological polar surface area (TPSA) is 88.2 Å². The largest absolute Gasteiger partial charge is 0.302 e. The van der Waals surface area contributed by atoms with Gasteiger partial charge >= 0.3 is 0 Å². The number of rotatable bonds is 6. The number of thiazole rings is 1. The van der Waals surface area contributed by atoms with Gasteiger partial charge in [-0.2, -0.15) is 0 Å². The van der Waals surface area contributed by atoms with Gasteiger partial charge in [0.2, 0.25) is 15.9 Å². The molecule has 8 heteroatoms. The van der Waals surface area contributed by atoms with Crippen LogP contribution < -0.4 is 10.0 Å². The van der Waals surface area contributed by atoms with Gasteiger partial charge in [-0.3, -0.25) is 9.52 Å². The Morgan fingerprint density at radius 1 is 1.30 bits per heavy atom. The third-order valence-corrected chi connectivity index (χ3v) is 4.64. The standard InChI is InChI=1S/C15H19N3O3S2/c1-4-10(2)14(19)17-15-16-13(9-22-15)11-5-7-12(8-6-11)18-23(3,20)21/h5-10,18H,4H2,1-3H3,(H,16,17,19). The summed E-state index contributed by atoms with van der Waals surface area (Å²) in [6.45, 7) is 3.83. The molecule has 0 bridgehead atoms. The number of hydrogen-bond donors (Lipinski definition) is 2. The van der Waals surface area contributed by atoms with Gasteiger partial charge in [0, 0.05) is 22.5 Å². The van der Waals surface area contributed by atoms with E-state index < -0.39 is 10.0 Å². The molecular weight excluding hydrogens is 334 g/mol. The van der Waals surface area contributed by atoms with E-state index in [1.807, 2.05) is 19.2 Å². The average molecular weight is 353 g/mol. The Morgan fingerprint density at radius 3 is 2.52 bits per heavy atom. The van der Waals surface area contributed by atoms with Gasteiger partial charge in [0.05, 0.1) is 11.9 Å². The molecule has 1 amide bonds. The van der Waals surface area contributed by atoms with Crippen LogP contribution >= 0.6 is 11.3 Å². The van der Waals surface area contributed by atoms with Gasteiger partial charge in [-0.1, -0.05) is 26.0 Å². The Hall–Kier alpha value is -1.93. The highest BCUT2D eigenvalue weighted by Gasteiger charge is 2.13. The van der Waals surface area contributed by atoms with Crippen molar-refractivity contribution in [1.82, 2.24) is 4.98 Å². The summed E-state index contributed by atoms with van der Waals surface area (Å²) in [4.78, 5) is 16.2. The number of benzene rings is 1. The molecule has 0 spiro atoms. The lowest BCUT2D eigenvalue weighted by Gasteiger charge is -2.07. The average Bonchev–Trinajstić information content (AvgIpc) is 2.94. The third kappa shape index (κ3) is 5.04. The van der Waals surface area contributed by atoms with E-state index >= 15 is 0 Å². The minimum absolute atomic E-state index is 0.0406. The second-order valence-electron chi connectivity index (χ2n) is 5.29. The van der Waals surface area contributed by atoms with Crippen LogP contribution in [-0.2, 0) is 14.8 Å². The number of anilines is 2. The Kier molecular flexibility index (Phi) is 5.38. The van der Waals surface area contributed by atoms with Crippen molar-refractivity contribution in [1.29, 1.82) is 0 Å². The smallest absolute Gasteiger partial charge is 0.229 e. The van der Waals surface area contributed by atoms with Gasteiger partial charge in [0.25, 0.3) is 0 Å². The Morgan fingerprint density at radius 2 is 1.96 bits per heavy atom. The molecule has 0 aliphatic heterocycles. The second kappa shape index (κ2) is 7.10. The normalized spacial score (nSPS) is 12.7. The van der Waals surface area contributed by atoms with E-state index in [1.165, 1.54) is 11.3 Å². The number of nitrogens with zero attached hydrogens (tertiary/aromatic N) is 1. The summed E-state index contributed by atoms with van der Waals surface area (Å²) in [5, 5.41) is 5.21. The van der Waals surface area contributed by atoms with Crippen molar-refractivity contribution in [2.45, 2.75) is 20.3 Å². The van der Waals surface area contributed by atoms with Crippen LogP contribution in [0.4, 0.5) is 10.8 Å². The van der Waals surface area contributed by atoms with Crippen LogP contribution in [0.2, 0.25) is 0 Å². The van der Waals surface area contributed by atoms with Crippen molar-refractivity contribution in [2.75, 3.05) is 16.3 Å². The molecule has 1 aromatic carbocycles. The van der Waals surface area contributed by atoms with E-state index in [0.717, 1.165) is 23.9 Å². The molecule has 124 valence electrons. The number of nitrogens with one attached hydrogen (secondary N) is 2. The fraction of sp³-hybridized carbons (Fsp3) is 0.333. The molecule has 6 nitrogen and oxygen atoms in total. The zero-order chi connectivity index (χ0) is 17.0. The molecule has 23 heavy (non-hydrogen) atoms. The van der Waals surface area contributed by atoms with Crippen molar-refractivity contribution >= 4 is 38.1 Å². The number of aromatic nitrogens is 1. The zero-order valence-corrected chi connectivity index (χ0v) is 14.8. The van der Waals surface area contributed by atoms with Crippen LogP contribution in [0, 0.1) is 5.92 Å². The lowest BCUT2D eigenvalue weighted by molar-refractivity contribution is -0.119. The summed E-state index contributed by atoms with van der Waals surface area (Å²) >= 11 is 1.36. The number of sulfonamides is 1. The van der Waals surface area contributed by atoms with Crippen molar-refractivity contribution in [3.05, 3.63) is 29.6 Å². The highest BCUT2D eigenvalue weighted by atomic mass is 32.2. The molecule has 2 rings (SSSR count). The molecular formula is C15H19N3O3S2. The summed E-state index contributed by atoms with van der Waals surface area (Å²) in [6, 6.07) is 6.91. The zero-order valence-electron chi connectivity index (χ0n) is 13.2. The molecule has 2 N–H and O–H groups in total. The SMILES string of the molecule is CCC(C)C(=O)Nc1nc(-c2ccc(NS(C)(=O)=O)cc2)cs1. The highest BCUT2D eigenvalue weighted by molar-refractivity contribution is 7.92. The number of amides is 1. The maximum Gasteiger partial charge on any atom is 0.229 e. The van der Waals surface area contributed by atoms with Gasteiger partial charge in [-0.15, -0.1) is 11.3 Å². The quantitative estimate of drug-likeness (QED) is 0.835. The van der Waals surface area contributed by atoms with Crippen LogP contribution in [0.1, 0.15) is 20.3 Å². The summed E-state index contributed by atoms with van der Waals surface area (Å²) in [5.41, 5.74) is 2.08. The molecule has 1 atom stereocenters. The lowest BCUT2D eigenvalue weighted by Crippen LogP contribution is -2.19. The highest BCUT2D eigenvalue weighted by Crippen LogP contribution is 2.26. The molecule has 1 heterocycles. The van der Waals surface area contributed by atoms with Gasteiger partial charge < -0.3 is 5.32 Å². The monoisotopic (exact) mass is 353 g/mol. The van der Waals surface area contributed by atoms with Crippen molar-refractivity contribution in [2.24, 2.45) is 5.92 Å². The predicted octanol–water partition coefficient (Wildman–Crippen LogP) is 3.17. The van der Waals surface area contributed by atoms with Crippen LogP contribution in [0.3, 0.4) is 0 Å².